The maximum Gasteiger partial charge on any atom is 0.281 e. The van der Waals surface area contributed by atoms with Gasteiger partial charge in [0.05, 0.1) is 5.69 Å². The maximum absolute atomic E-state index is 13.9. The molecule has 3 nitrogen and oxygen atoms in total. The number of nitrogens with one attached hydrogen (secondary N) is 1. The van der Waals surface area contributed by atoms with E-state index in [-0.39, 0.29) is 16.7 Å². The molecule has 1 saturated heterocycles. The van der Waals surface area contributed by atoms with Gasteiger partial charge in [-0.2, -0.15) is 0 Å². The van der Waals surface area contributed by atoms with E-state index in [9.17, 15) is 9.18 Å². The molecule has 1 heterocycles. The average molecular weight is 326 g/mol. The number of thiocarbonyl (C=S) groups is 1. The van der Waals surface area contributed by atoms with Gasteiger partial charge in [-0.15, -0.1) is 0 Å². The average Bonchev–Trinajstić information content (AvgIpc) is 2.78. The monoisotopic (exact) mass is 326 g/mol. The van der Waals surface area contributed by atoms with Gasteiger partial charge >= 0.3 is 0 Å². The van der Waals surface area contributed by atoms with Gasteiger partial charge in [0.1, 0.15) is 11.5 Å². The third-order valence-corrected chi connectivity index (χ3v) is 4.10. The Morgan fingerprint density at radius 2 is 1.87 bits per heavy atom. The fraction of sp³-hybridized carbons (Fsp3) is 0.111. The van der Waals surface area contributed by atoms with E-state index >= 15 is 0 Å². The Morgan fingerprint density at radius 3 is 2.57 bits per heavy atom. The first-order chi connectivity index (χ1) is 11.0. The molecule has 0 spiro atoms. The van der Waals surface area contributed by atoms with Crippen molar-refractivity contribution in [1.82, 2.24) is 5.32 Å². The predicted octanol–water partition coefficient (Wildman–Crippen LogP) is 3.70. The third kappa shape index (κ3) is 2.87. The summed E-state index contributed by atoms with van der Waals surface area (Å²) in [6.45, 7) is 4.04. The van der Waals surface area contributed by atoms with Gasteiger partial charge in [-0.1, -0.05) is 30.3 Å². The number of aryl methyl sites for hydroxylation is 2. The molecular formula is C18H15FN2OS. The van der Waals surface area contributed by atoms with Crippen LogP contribution in [0.2, 0.25) is 0 Å². The van der Waals surface area contributed by atoms with E-state index in [4.69, 9.17) is 12.2 Å². The van der Waals surface area contributed by atoms with Crippen LogP contribution < -0.4 is 10.2 Å². The molecule has 0 aromatic heterocycles. The van der Waals surface area contributed by atoms with Crippen molar-refractivity contribution in [2.24, 2.45) is 0 Å². The van der Waals surface area contributed by atoms with Gasteiger partial charge in [0.25, 0.3) is 5.91 Å². The van der Waals surface area contributed by atoms with E-state index in [0.717, 1.165) is 11.1 Å². The van der Waals surface area contributed by atoms with Gasteiger partial charge in [-0.3, -0.25) is 4.79 Å². The third-order valence-electron chi connectivity index (χ3n) is 3.81. The number of halogens is 1. The molecule has 1 N–H and O–H groups in total. The van der Waals surface area contributed by atoms with Crippen molar-refractivity contribution in [2.45, 2.75) is 13.8 Å². The van der Waals surface area contributed by atoms with Gasteiger partial charge in [0, 0.05) is 0 Å². The van der Waals surface area contributed by atoms with Crippen LogP contribution in [-0.4, -0.2) is 11.0 Å². The second-order valence-corrected chi connectivity index (χ2v) is 5.81. The van der Waals surface area contributed by atoms with Gasteiger partial charge in [0.2, 0.25) is 0 Å². The van der Waals surface area contributed by atoms with E-state index in [1.54, 1.807) is 18.2 Å². The molecule has 0 bridgehead atoms. The molecule has 2 aromatic rings. The van der Waals surface area contributed by atoms with Gasteiger partial charge in [-0.05, 0) is 61.0 Å². The summed E-state index contributed by atoms with van der Waals surface area (Å²) in [6.07, 6.45) is 1.72. The highest BCUT2D eigenvalue weighted by molar-refractivity contribution is 7.80. The van der Waals surface area contributed by atoms with E-state index in [1.807, 2.05) is 32.0 Å². The van der Waals surface area contributed by atoms with Crippen molar-refractivity contribution >= 4 is 35.0 Å². The minimum atomic E-state index is -0.488. The molecule has 1 fully saturated rings. The highest BCUT2D eigenvalue weighted by Gasteiger charge is 2.33. The van der Waals surface area contributed by atoms with E-state index in [0.29, 0.717) is 5.70 Å². The Hall–Kier alpha value is -2.53. The van der Waals surface area contributed by atoms with Crippen molar-refractivity contribution in [3.8, 4) is 0 Å². The zero-order valence-electron chi connectivity index (χ0n) is 12.8. The van der Waals surface area contributed by atoms with Crippen LogP contribution in [0.3, 0.4) is 0 Å². The topological polar surface area (TPSA) is 32.3 Å². The number of carbonyl (C=O) groups is 1. The lowest BCUT2D eigenvalue weighted by Gasteiger charge is -2.14. The Morgan fingerprint density at radius 1 is 1.13 bits per heavy atom. The quantitative estimate of drug-likeness (QED) is 0.674. The van der Waals surface area contributed by atoms with Crippen LogP contribution in [0, 0.1) is 19.7 Å². The highest BCUT2D eigenvalue weighted by Crippen LogP contribution is 2.25. The van der Waals surface area contributed by atoms with Crippen LogP contribution in [0.1, 0.15) is 16.7 Å². The number of nitrogens with zero attached hydrogens (tertiary/aromatic N) is 1. The largest absolute Gasteiger partial charge is 0.327 e. The molecule has 116 valence electrons. The zero-order chi connectivity index (χ0) is 16.6. The smallest absolute Gasteiger partial charge is 0.281 e. The van der Waals surface area contributed by atoms with Crippen LogP contribution in [0.15, 0.2) is 48.2 Å². The standard InChI is InChI=1S/C18H15FN2OS/c1-11-7-8-13(9-12(11)2)10-15-17(22)21(18(23)20-15)16-6-4-3-5-14(16)19/h3-10H,1-2H3,(H,20,23)/b15-10-. The van der Waals surface area contributed by atoms with E-state index < -0.39 is 5.82 Å². The summed E-state index contributed by atoms with van der Waals surface area (Å²) in [4.78, 5) is 13.7. The molecule has 23 heavy (non-hydrogen) atoms. The SMILES string of the molecule is Cc1ccc(/C=C2\NC(=S)N(c3ccccc3F)C2=O)cc1C. The molecule has 1 aliphatic heterocycles. The Balaban J connectivity index is 1.96. The van der Waals surface area contributed by atoms with Crippen LogP contribution >= 0.6 is 12.2 Å². The summed E-state index contributed by atoms with van der Waals surface area (Å²) in [5.74, 6) is -0.851. The lowest BCUT2D eigenvalue weighted by molar-refractivity contribution is -0.113. The normalized spacial score (nSPS) is 16.1. The molecule has 3 rings (SSSR count). The maximum atomic E-state index is 13.9. The predicted molar refractivity (Wildman–Crippen MR) is 93.5 cm³/mol. The van der Waals surface area contributed by atoms with Crippen molar-refractivity contribution < 1.29 is 9.18 Å². The Bertz CT molecular complexity index is 845. The molecule has 0 unspecified atom stereocenters. The molecule has 2 aromatic carbocycles. The minimum absolute atomic E-state index is 0.151. The lowest BCUT2D eigenvalue weighted by Crippen LogP contribution is -2.31. The van der Waals surface area contributed by atoms with Crippen LogP contribution in [-0.2, 0) is 4.79 Å². The molecule has 0 aliphatic carbocycles. The van der Waals surface area contributed by atoms with Crippen molar-refractivity contribution in [2.75, 3.05) is 4.90 Å². The van der Waals surface area contributed by atoms with E-state index in [2.05, 4.69) is 5.32 Å². The van der Waals surface area contributed by atoms with Gasteiger partial charge in [-0.25, -0.2) is 9.29 Å². The van der Waals surface area contributed by atoms with Gasteiger partial charge in [0.15, 0.2) is 5.11 Å². The Labute approximate surface area is 139 Å². The first kappa shape index (κ1) is 15.4. The van der Waals surface area contributed by atoms with Crippen LogP contribution in [0.4, 0.5) is 10.1 Å². The second-order valence-electron chi connectivity index (χ2n) is 5.42. The first-order valence-corrected chi connectivity index (χ1v) is 7.57. The van der Waals surface area contributed by atoms with Crippen LogP contribution in [0.5, 0.6) is 0 Å². The number of hydrogen-bond donors (Lipinski definition) is 1. The fourth-order valence-corrected chi connectivity index (χ4v) is 2.70. The van der Waals surface area contributed by atoms with Crippen molar-refractivity contribution in [3.05, 3.63) is 70.7 Å². The summed E-state index contributed by atoms with van der Waals surface area (Å²) in [7, 11) is 0. The molecule has 5 heteroatoms. The van der Waals surface area contributed by atoms with Gasteiger partial charge < -0.3 is 5.32 Å². The van der Waals surface area contributed by atoms with E-state index in [1.165, 1.54) is 22.6 Å². The highest BCUT2D eigenvalue weighted by atomic mass is 32.1. The number of anilines is 1. The molecule has 0 atom stereocenters. The zero-order valence-corrected chi connectivity index (χ0v) is 13.6. The number of benzene rings is 2. The van der Waals surface area contributed by atoms with Crippen molar-refractivity contribution in [1.29, 1.82) is 0 Å². The summed E-state index contributed by atoms with van der Waals surface area (Å²) in [5, 5.41) is 3.04. The number of amides is 1. The molecule has 0 saturated carbocycles. The number of hydrogen-bond acceptors (Lipinski definition) is 2. The molecule has 0 radical (unpaired) electrons. The first-order valence-electron chi connectivity index (χ1n) is 7.16. The molecular weight excluding hydrogens is 311 g/mol. The molecule has 1 amide bonds. The number of rotatable bonds is 2. The summed E-state index contributed by atoms with van der Waals surface area (Å²) in [5.41, 5.74) is 3.70. The summed E-state index contributed by atoms with van der Waals surface area (Å²) in [6, 6.07) is 12.0. The Kier molecular flexibility index (Phi) is 3.96. The second kappa shape index (κ2) is 5.93. The molecule has 1 aliphatic rings. The number of para-hydroxylation sites is 1. The van der Waals surface area contributed by atoms with Crippen LogP contribution in [0.25, 0.3) is 6.08 Å². The number of carbonyl (C=O) groups excluding carboxylic acids is 1. The minimum Gasteiger partial charge on any atom is -0.327 e. The summed E-state index contributed by atoms with van der Waals surface area (Å²) < 4.78 is 13.9. The lowest BCUT2D eigenvalue weighted by atomic mass is 10.1. The summed E-state index contributed by atoms with van der Waals surface area (Å²) >= 11 is 5.19. The fourth-order valence-electron chi connectivity index (χ4n) is 2.41. The van der Waals surface area contributed by atoms with Crippen molar-refractivity contribution in [3.63, 3.8) is 0 Å².